The molecule has 132 valence electrons. The highest BCUT2D eigenvalue weighted by Crippen LogP contribution is 2.27. The van der Waals surface area contributed by atoms with Crippen molar-refractivity contribution in [1.82, 2.24) is 9.78 Å². The first-order chi connectivity index (χ1) is 12.7. The van der Waals surface area contributed by atoms with Crippen LogP contribution in [0, 0.1) is 0 Å². The van der Waals surface area contributed by atoms with Crippen molar-refractivity contribution in [3.05, 3.63) is 66.4 Å². The van der Waals surface area contributed by atoms with E-state index in [0.29, 0.717) is 0 Å². The molecule has 1 aliphatic heterocycles. The van der Waals surface area contributed by atoms with Crippen molar-refractivity contribution in [2.45, 2.75) is 19.3 Å². The lowest BCUT2D eigenvalue weighted by Crippen LogP contribution is -2.29. The second kappa shape index (κ2) is 7.04. The topological polar surface area (TPSA) is 58.4 Å². The Morgan fingerprint density at radius 2 is 1.58 bits per heavy atom. The minimum Gasteiger partial charge on any atom is -0.476 e. The molecule has 4 rings (SSSR count). The van der Waals surface area contributed by atoms with Gasteiger partial charge < -0.3 is 10.0 Å². The maximum absolute atomic E-state index is 11.4. The molecule has 1 aromatic heterocycles. The van der Waals surface area contributed by atoms with Crippen molar-refractivity contribution in [2.75, 3.05) is 18.0 Å². The molecule has 1 aliphatic rings. The molecule has 0 unspecified atom stereocenters. The summed E-state index contributed by atoms with van der Waals surface area (Å²) in [6.07, 6.45) is 3.79. The van der Waals surface area contributed by atoms with Crippen LogP contribution in [0.4, 0.5) is 5.69 Å². The fourth-order valence-corrected chi connectivity index (χ4v) is 3.45. The van der Waals surface area contributed by atoms with Crippen LogP contribution in [-0.4, -0.2) is 33.9 Å². The van der Waals surface area contributed by atoms with E-state index < -0.39 is 5.97 Å². The molecular weight excluding hydrogens is 326 g/mol. The SMILES string of the molecule is O=C(O)c1cc(-c2ccc(N3CCCCC3)cc2)n(-c2ccccc2)n1. The Hall–Kier alpha value is -3.08. The number of hydrogen-bond donors (Lipinski definition) is 1. The van der Waals surface area contributed by atoms with Crippen LogP contribution in [0.3, 0.4) is 0 Å². The van der Waals surface area contributed by atoms with Crippen LogP contribution in [0.25, 0.3) is 16.9 Å². The summed E-state index contributed by atoms with van der Waals surface area (Å²) in [5, 5.41) is 13.6. The van der Waals surface area contributed by atoms with Gasteiger partial charge in [-0.25, -0.2) is 9.48 Å². The number of carbonyl (C=O) groups is 1. The quantitative estimate of drug-likeness (QED) is 0.767. The Balaban J connectivity index is 1.71. The smallest absolute Gasteiger partial charge is 0.356 e. The number of nitrogens with zero attached hydrogens (tertiary/aromatic N) is 3. The van der Waals surface area contributed by atoms with Crippen LogP contribution in [-0.2, 0) is 0 Å². The number of hydrogen-bond acceptors (Lipinski definition) is 3. The predicted octanol–water partition coefficient (Wildman–Crippen LogP) is 4.23. The summed E-state index contributed by atoms with van der Waals surface area (Å²) in [6.45, 7) is 2.20. The number of anilines is 1. The van der Waals surface area contributed by atoms with Crippen LogP contribution >= 0.6 is 0 Å². The summed E-state index contributed by atoms with van der Waals surface area (Å²) in [5.41, 5.74) is 3.84. The van der Waals surface area contributed by atoms with Gasteiger partial charge in [0.25, 0.3) is 0 Å². The first-order valence-electron chi connectivity index (χ1n) is 8.96. The van der Waals surface area contributed by atoms with Gasteiger partial charge in [-0.3, -0.25) is 0 Å². The molecule has 0 aliphatic carbocycles. The maximum Gasteiger partial charge on any atom is 0.356 e. The lowest BCUT2D eigenvalue weighted by Gasteiger charge is -2.28. The molecular formula is C21H21N3O2. The summed E-state index contributed by atoms with van der Waals surface area (Å²) < 4.78 is 1.69. The van der Waals surface area contributed by atoms with E-state index in [2.05, 4.69) is 22.1 Å². The maximum atomic E-state index is 11.4. The Morgan fingerprint density at radius 3 is 2.23 bits per heavy atom. The normalized spacial score (nSPS) is 14.4. The summed E-state index contributed by atoms with van der Waals surface area (Å²) in [7, 11) is 0. The van der Waals surface area contributed by atoms with Gasteiger partial charge in [0.1, 0.15) is 0 Å². The minimum absolute atomic E-state index is 0.0453. The summed E-state index contributed by atoms with van der Waals surface area (Å²) in [5.74, 6) is -1.02. The summed E-state index contributed by atoms with van der Waals surface area (Å²) in [4.78, 5) is 13.8. The molecule has 1 saturated heterocycles. The number of aromatic nitrogens is 2. The number of para-hydroxylation sites is 1. The van der Waals surface area contributed by atoms with Crippen LogP contribution in [0.15, 0.2) is 60.7 Å². The van der Waals surface area contributed by atoms with Crippen LogP contribution < -0.4 is 4.90 Å². The fraction of sp³-hybridized carbons (Fsp3) is 0.238. The van der Waals surface area contributed by atoms with E-state index in [0.717, 1.165) is 30.0 Å². The lowest BCUT2D eigenvalue weighted by molar-refractivity contribution is 0.0690. The lowest BCUT2D eigenvalue weighted by atomic mass is 10.1. The van der Waals surface area contributed by atoms with Gasteiger partial charge in [0.15, 0.2) is 5.69 Å². The molecule has 26 heavy (non-hydrogen) atoms. The van der Waals surface area contributed by atoms with Crippen LogP contribution in [0.1, 0.15) is 29.8 Å². The van der Waals surface area contributed by atoms with Gasteiger partial charge in [0.2, 0.25) is 0 Å². The van der Waals surface area contributed by atoms with Gasteiger partial charge in [-0.15, -0.1) is 0 Å². The highest BCUT2D eigenvalue weighted by Gasteiger charge is 2.17. The van der Waals surface area contributed by atoms with E-state index in [1.807, 2.05) is 42.5 Å². The monoisotopic (exact) mass is 347 g/mol. The van der Waals surface area contributed by atoms with Crippen molar-refractivity contribution < 1.29 is 9.90 Å². The van der Waals surface area contributed by atoms with Crippen molar-refractivity contribution in [2.24, 2.45) is 0 Å². The summed E-state index contributed by atoms with van der Waals surface area (Å²) in [6, 6.07) is 19.6. The first-order valence-corrected chi connectivity index (χ1v) is 8.96. The van der Waals surface area contributed by atoms with E-state index in [1.54, 1.807) is 10.7 Å². The Kier molecular flexibility index (Phi) is 4.44. The Bertz CT molecular complexity index is 895. The summed E-state index contributed by atoms with van der Waals surface area (Å²) >= 11 is 0. The standard InChI is InChI=1S/C21H21N3O2/c25-21(26)19-15-20(24(22-19)18-7-3-1-4-8-18)16-9-11-17(12-10-16)23-13-5-2-6-14-23/h1,3-4,7-12,15H,2,5-6,13-14H2,(H,25,26). The Labute approximate surface area is 152 Å². The van der Waals surface area contributed by atoms with Crippen LogP contribution in [0.5, 0.6) is 0 Å². The van der Waals surface area contributed by atoms with E-state index in [1.165, 1.54) is 24.9 Å². The molecule has 0 radical (unpaired) electrons. The number of carboxylic acids is 1. The van der Waals surface area contributed by atoms with Gasteiger partial charge in [-0.2, -0.15) is 5.10 Å². The molecule has 2 heterocycles. The molecule has 3 aromatic rings. The Morgan fingerprint density at radius 1 is 0.885 bits per heavy atom. The van der Waals surface area contributed by atoms with Crippen molar-refractivity contribution in [3.63, 3.8) is 0 Å². The average Bonchev–Trinajstić information content (AvgIpc) is 3.15. The number of piperidine rings is 1. The molecule has 5 nitrogen and oxygen atoms in total. The molecule has 2 aromatic carbocycles. The van der Waals surface area contributed by atoms with Crippen molar-refractivity contribution >= 4 is 11.7 Å². The molecule has 1 N–H and O–H groups in total. The fourth-order valence-electron chi connectivity index (χ4n) is 3.45. The van der Waals surface area contributed by atoms with Gasteiger partial charge >= 0.3 is 5.97 Å². The number of rotatable bonds is 4. The highest BCUT2D eigenvalue weighted by atomic mass is 16.4. The second-order valence-electron chi connectivity index (χ2n) is 6.56. The van der Waals surface area contributed by atoms with Gasteiger partial charge in [-0.1, -0.05) is 30.3 Å². The third-order valence-corrected chi connectivity index (χ3v) is 4.81. The van der Waals surface area contributed by atoms with Gasteiger partial charge in [0, 0.05) is 24.3 Å². The molecule has 1 fully saturated rings. The molecule has 0 spiro atoms. The second-order valence-corrected chi connectivity index (χ2v) is 6.56. The van der Waals surface area contributed by atoms with Gasteiger partial charge in [0.05, 0.1) is 11.4 Å². The zero-order valence-electron chi connectivity index (χ0n) is 14.5. The number of benzene rings is 2. The molecule has 0 amide bonds. The number of carboxylic acid groups (broad SMARTS) is 1. The zero-order chi connectivity index (χ0) is 17.9. The van der Waals surface area contributed by atoms with Crippen molar-refractivity contribution in [3.8, 4) is 16.9 Å². The molecule has 0 atom stereocenters. The average molecular weight is 347 g/mol. The largest absolute Gasteiger partial charge is 0.476 e. The predicted molar refractivity (Wildman–Crippen MR) is 102 cm³/mol. The zero-order valence-corrected chi connectivity index (χ0v) is 14.5. The van der Waals surface area contributed by atoms with Crippen LogP contribution in [0.2, 0.25) is 0 Å². The van der Waals surface area contributed by atoms with Crippen molar-refractivity contribution in [1.29, 1.82) is 0 Å². The molecule has 0 saturated carbocycles. The van der Waals surface area contributed by atoms with E-state index in [9.17, 15) is 9.90 Å². The van der Waals surface area contributed by atoms with E-state index in [4.69, 9.17) is 0 Å². The third-order valence-electron chi connectivity index (χ3n) is 4.81. The number of aromatic carboxylic acids is 1. The van der Waals surface area contributed by atoms with E-state index >= 15 is 0 Å². The first kappa shape index (κ1) is 16.4. The molecule has 5 heteroatoms. The highest BCUT2D eigenvalue weighted by molar-refractivity contribution is 5.87. The van der Waals surface area contributed by atoms with E-state index in [-0.39, 0.29) is 5.69 Å². The minimum atomic E-state index is -1.02. The van der Waals surface area contributed by atoms with Gasteiger partial charge in [-0.05, 0) is 49.6 Å². The molecule has 0 bridgehead atoms. The third kappa shape index (κ3) is 3.20.